The van der Waals surface area contributed by atoms with Crippen molar-refractivity contribution in [2.75, 3.05) is 25.8 Å². The summed E-state index contributed by atoms with van der Waals surface area (Å²) in [4.78, 5) is 11.3. The van der Waals surface area contributed by atoms with Crippen molar-refractivity contribution in [1.29, 1.82) is 0 Å². The van der Waals surface area contributed by atoms with E-state index in [9.17, 15) is 4.79 Å². The molecule has 3 N–H and O–H groups in total. The van der Waals surface area contributed by atoms with Gasteiger partial charge in [0.2, 0.25) is 6.41 Å². The molecule has 1 heterocycles. The molecule has 0 atom stereocenters. The van der Waals surface area contributed by atoms with Crippen LogP contribution in [0, 0.1) is 6.92 Å². The molecule has 1 amide bonds. The molecule has 0 bridgehead atoms. The number of allylic oxidation sites excluding steroid dienone is 3. The molecule has 0 saturated carbocycles. The van der Waals surface area contributed by atoms with E-state index in [1.54, 1.807) is 19.2 Å². The monoisotopic (exact) mass is 442 g/mol. The largest absolute Gasteiger partial charge is 0.497 e. The van der Waals surface area contributed by atoms with Crippen LogP contribution in [0.1, 0.15) is 39.7 Å². The zero-order chi connectivity index (χ0) is 23.8. The summed E-state index contributed by atoms with van der Waals surface area (Å²) in [6.07, 6.45) is 2.90. The Morgan fingerprint density at radius 2 is 2.03 bits per heavy atom. The van der Waals surface area contributed by atoms with Crippen molar-refractivity contribution in [3.8, 4) is 5.75 Å². The predicted molar refractivity (Wildman–Crippen MR) is 127 cm³/mol. The highest BCUT2D eigenvalue weighted by Gasteiger charge is 2.27. The normalized spacial score (nSPS) is 15.4. The first kappa shape index (κ1) is 25.0. The molecule has 1 aliphatic heterocycles. The van der Waals surface area contributed by atoms with E-state index in [0.717, 1.165) is 16.8 Å². The van der Waals surface area contributed by atoms with E-state index >= 15 is 0 Å². The second kappa shape index (κ2) is 11.4. The second-order valence-corrected chi connectivity index (χ2v) is 7.81. The molecule has 2 rings (SSSR count). The van der Waals surface area contributed by atoms with Crippen LogP contribution in [0.3, 0.4) is 0 Å². The van der Waals surface area contributed by atoms with Gasteiger partial charge in [-0.25, -0.2) is 5.01 Å². The van der Waals surface area contributed by atoms with Crippen molar-refractivity contribution in [3.63, 3.8) is 0 Å². The summed E-state index contributed by atoms with van der Waals surface area (Å²) in [6.45, 7) is 10.0. The molecule has 8 heteroatoms. The molecule has 0 aromatic heterocycles. The second-order valence-electron chi connectivity index (χ2n) is 7.81. The summed E-state index contributed by atoms with van der Waals surface area (Å²) in [7, 11) is 3.23. The van der Waals surface area contributed by atoms with Gasteiger partial charge in [0.1, 0.15) is 17.3 Å². The number of ether oxygens (including phenoxy) is 3. The van der Waals surface area contributed by atoms with Gasteiger partial charge in [0.25, 0.3) is 0 Å². The maximum atomic E-state index is 11.3. The number of carbonyl (C=O) groups excluding carboxylic acids is 1. The number of nitrogens with zero attached hydrogens (tertiary/aromatic N) is 2. The van der Waals surface area contributed by atoms with E-state index in [1.807, 2.05) is 58.9 Å². The summed E-state index contributed by atoms with van der Waals surface area (Å²) >= 11 is 0. The first-order valence-electron chi connectivity index (χ1n) is 10.5. The number of methoxy groups -OCH3 is 2. The van der Waals surface area contributed by atoms with E-state index in [1.165, 1.54) is 0 Å². The standard InChI is InChI=1S/C24H34N4O4/c1-15(2)32-22(10-11-30-6)23(18(5)26-14-29)20-12-17(4)24(25)28(27-20)21-13-19(31-7)9-8-16(21)3/h8-10,13-15H,11-12,25H2,1-7H3,(H,26,29)/b22-10+,23-18+. The number of hydrogen-bond acceptors (Lipinski definition) is 7. The highest BCUT2D eigenvalue weighted by molar-refractivity contribution is 6.06. The van der Waals surface area contributed by atoms with E-state index in [0.29, 0.717) is 53.7 Å². The highest BCUT2D eigenvalue weighted by Crippen LogP contribution is 2.33. The lowest BCUT2D eigenvalue weighted by molar-refractivity contribution is -0.108. The average molecular weight is 443 g/mol. The summed E-state index contributed by atoms with van der Waals surface area (Å²) in [5.41, 5.74) is 11.2. The number of hydrogen-bond donors (Lipinski definition) is 2. The Hall–Kier alpha value is -3.26. The van der Waals surface area contributed by atoms with Gasteiger partial charge in [0, 0.05) is 25.3 Å². The quantitative estimate of drug-likeness (QED) is 0.325. The molecule has 0 fully saturated rings. The topological polar surface area (TPSA) is 98.4 Å². The van der Waals surface area contributed by atoms with Crippen LogP contribution in [0.25, 0.3) is 0 Å². The number of carbonyl (C=O) groups is 1. The molecule has 1 aromatic rings. The van der Waals surface area contributed by atoms with Gasteiger partial charge < -0.3 is 25.3 Å². The van der Waals surface area contributed by atoms with E-state index in [-0.39, 0.29) is 6.10 Å². The Morgan fingerprint density at radius 3 is 2.62 bits per heavy atom. The molecule has 0 unspecified atom stereocenters. The molecule has 0 aliphatic carbocycles. The molecular formula is C24H34N4O4. The lowest BCUT2D eigenvalue weighted by atomic mass is 9.97. The molecule has 0 spiro atoms. The maximum absolute atomic E-state index is 11.3. The lowest BCUT2D eigenvalue weighted by Gasteiger charge is -2.30. The predicted octanol–water partition coefficient (Wildman–Crippen LogP) is 3.74. The SMILES string of the molecule is COC/C=C(OC(C)C)\C(C1=NN(c2cc(OC)ccc2C)C(N)=C(C)C1)=C(/C)NC=O. The van der Waals surface area contributed by atoms with Crippen LogP contribution in [-0.4, -0.2) is 39.1 Å². The average Bonchev–Trinajstić information content (AvgIpc) is 2.74. The number of nitrogens with one attached hydrogen (secondary N) is 1. The van der Waals surface area contributed by atoms with Gasteiger partial charge in [-0.2, -0.15) is 5.10 Å². The van der Waals surface area contributed by atoms with Crippen molar-refractivity contribution in [2.24, 2.45) is 10.8 Å². The molecule has 8 nitrogen and oxygen atoms in total. The van der Waals surface area contributed by atoms with Crippen molar-refractivity contribution in [1.82, 2.24) is 5.32 Å². The van der Waals surface area contributed by atoms with Crippen molar-refractivity contribution >= 4 is 17.8 Å². The Balaban J connectivity index is 2.69. The Bertz CT molecular complexity index is 961. The van der Waals surface area contributed by atoms with Gasteiger partial charge in [0.05, 0.1) is 36.8 Å². The summed E-state index contributed by atoms with van der Waals surface area (Å²) in [5.74, 6) is 1.84. The lowest BCUT2D eigenvalue weighted by Crippen LogP contribution is -2.32. The zero-order valence-corrected chi connectivity index (χ0v) is 20.0. The summed E-state index contributed by atoms with van der Waals surface area (Å²) < 4.78 is 16.7. The fourth-order valence-electron chi connectivity index (χ4n) is 3.32. The Morgan fingerprint density at radius 1 is 1.31 bits per heavy atom. The molecule has 1 aromatic carbocycles. The van der Waals surface area contributed by atoms with Gasteiger partial charge in [-0.1, -0.05) is 6.07 Å². The molecule has 32 heavy (non-hydrogen) atoms. The third-order valence-electron chi connectivity index (χ3n) is 4.95. The minimum Gasteiger partial charge on any atom is -0.497 e. The van der Waals surface area contributed by atoms with Crippen LogP contribution in [0.2, 0.25) is 0 Å². The summed E-state index contributed by atoms with van der Waals surface area (Å²) in [6, 6.07) is 5.75. The fraction of sp³-hybridized carbons (Fsp3) is 0.417. The van der Waals surface area contributed by atoms with E-state index < -0.39 is 0 Å². The van der Waals surface area contributed by atoms with Crippen LogP contribution >= 0.6 is 0 Å². The third kappa shape index (κ3) is 5.91. The molecular weight excluding hydrogens is 408 g/mol. The van der Waals surface area contributed by atoms with Gasteiger partial charge in [-0.05, 0) is 57.9 Å². The highest BCUT2D eigenvalue weighted by atomic mass is 16.5. The van der Waals surface area contributed by atoms with E-state index in [4.69, 9.17) is 25.0 Å². The van der Waals surface area contributed by atoms with Crippen LogP contribution < -0.4 is 20.8 Å². The van der Waals surface area contributed by atoms with Crippen molar-refractivity contribution < 1.29 is 19.0 Å². The van der Waals surface area contributed by atoms with Gasteiger partial charge in [-0.3, -0.25) is 4.79 Å². The Labute approximate surface area is 190 Å². The zero-order valence-electron chi connectivity index (χ0n) is 20.0. The molecule has 1 aliphatic rings. The number of nitrogens with two attached hydrogens (primary N) is 1. The first-order valence-corrected chi connectivity index (χ1v) is 10.5. The third-order valence-corrected chi connectivity index (χ3v) is 4.95. The summed E-state index contributed by atoms with van der Waals surface area (Å²) in [5, 5.41) is 9.36. The van der Waals surface area contributed by atoms with E-state index in [2.05, 4.69) is 5.32 Å². The van der Waals surface area contributed by atoms with Crippen LogP contribution in [0.4, 0.5) is 5.69 Å². The first-order chi connectivity index (χ1) is 15.2. The fourth-order valence-corrected chi connectivity index (χ4v) is 3.32. The van der Waals surface area contributed by atoms with Crippen molar-refractivity contribution in [2.45, 2.75) is 47.1 Å². The molecule has 0 radical (unpaired) electrons. The van der Waals surface area contributed by atoms with Crippen molar-refractivity contribution in [3.05, 3.63) is 58.3 Å². The number of hydrazone groups is 1. The van der Waals surface area contributed by atoms with Crippen LogP contribution in [0.5, 0.6) is 5.75 Å². The number of benzene rings is 1. The minimum atomic E-state index is -0.0835. The van der Waals surface area contributed by atoms with Crippen LogP contribution in [0.15, 0.2) is 57.8 Å². The smallest absolute Gasteiger partial charge is 0.211 e. The number of amides is 1. The van der Waals surface area contributed by atoms with Gasteiger partial charge in [-0.15, -0.1) is 0 Å². The van der Waals surface area contributed by atoms with Gasteiger partial charge in [0.15, 0.2) is 0 Å². The van der Waals surface area contributed by atoms with Gasteiger partial charge >= 0.3 is 0 Å². The number of aryl methyl sites for hydroxylation is 1. The molecule has 174 valence electrons. The molecule has 0 saturated heterocycles. The van der Waals surface area contributed by atoms with Crippen LogP contribution in [-0.2, 0) is 14.3 Å². The number of rotatable bonds is 10. The minimum absolute atomic E-state index is 0.0835. The number of anilines is 1. The maximum Gasteiger partial charge on any atom is 0.211 e. The Kier molecular flexibility index (Phi) is 8.90.